The molecule has 1 unspecified atom stereocenters. The molecule has 0 radical (unpaired) electrons. The molecule has 0 saturated heterocycles. The average Bonchev–Trinajstić information content (AvgIpc) is 2.49. The Hall–Kier alpha value is -1.03. The van der Waals surface area contributed by atoms with Crippen LogP contribution in [0.25, 0.3) is 0 Å². The van der Waals surface area contributed by atoms with Gasteiger partial charge in [-0.05, 0) is 43.5 Å². The number of guanidine groups is 1. The highest BCUT2D eigenvalue weighted by atomic mass is 127. The zero-order chi connectivity index (χ0) is 18.3. The Morgan fingerprint density at radius 2 is 1.96 bits per heavy atom. The van der Waals surface area contributed by atoms with Crippen molar-refractivity contribution in [3.05, 3.63) is 29.3 Å². The van der Waals surface area contributed by atoms with E-state index in [1.54, 1.807) is 7.05 Å². The van der Waals surface area contributed by atoms with E-state index >= 15 is 0 Å². The zero-order valence-corrected chi connectivity index (χ0v) is 19.1. The minimum atomic E-state index is -2.94. The first-order valence-electron chi connectivity index (χ1n) is 8.04. The van der Waals surface area contributed by atoms with Crippen LogP contribution in [-0.2, 0) is 16.4 Å². The fourth-order valence-corrected chi connectivity index (χ4v) is 3.01. The van der Waals surface area contributed by atoms with Crippen molar-refractivity contribution in [2.45, 2.75) is 32.9 Å². The number of anilines is 1. The molecule has 0 aliphatic heterocycles. The van der Waals surface area contributed by atoms with Gasteiger partial charge >= 0.3 is 0 Å². The number of sulfone groups is 1. The maximum atomic E-state index is 11.2. The lowest BCUT2D eigenvalue weighted by atomic mass is 10.1. The molecule has 0 aromatic heterocycles. The molecular formula is C17H31IN4O2S. The van der Waals surface area contributed by atoms with Gasteiger partial charge in [-0.2, -0.15) is 0 Å². The fraction of sp³-hybridized carbons (Fsp3) is 0.588. The molecular weight excluding hydrogens is 451 g/mol. The highest BCUT2D eigenvalue weighted by Gasteiger charge is 2.10. The molecule has 0 aliphatic carbocycles. The van der Waals surface area contributed by atoms with E-state index in [0.29, 0.717) is 18.9 Å². The van der Waals surface area contributed by atoms with Crippen LogP contribution in [0.1, 0.15) is 24.5 Å². The highest BCUT2D eigenvalue weighted by Crippen LogP contribution is 2.17. The van der Waals surface area contributed by atoms with Crippen LogP contribution in [0, 0.1) is 6.92 Å². The number of nitrogens with zero attached hydrogens (tertiary/aromatic N) is 2. The second kappa shape index (κ2) is 10.8. The van der Waals surface area contributed by atoms with Gasteiger partial charge in [0.2, 0.25) is 0 Å². The molecule has 0 heterocycles. The van der Waals surface area contributed by atoms with Crippen molar-refractivity contribution in [1.29, 1.82) is 0 Å². The first-order chi connectivity index (χ1) is 11.1. The minimum Gasteiger partial charge on any atom is -0.378 e. The molecule has 1 aromatic carbocycles. The minimum absolute atomic E-state index is 0. The summed E-state index contributed by atoms with van der Waals surface area (Å²) in [6.07, 6.45) is 1.81. The Bertz CT molecular complexity index is 675. The highest BCUT2D eigenvalue weighted by molar-refractivity contribution is 14.0. The summed E-state index contributed by atoms with van der Waals surface area (Å²) in [6, 6.07) is 6.39. The second-order valence-corrected chi connectivity index (χ2v) is 8.65. The van der Waals surface area contributed by atoms with Gasteiger partial charge < -0.3 is 15.5 Å². The normalized spacial score (nSPS) is 13.0. The summed E-state index contributed by atoms with van der Waals surface area (Å²) >= 11 is 0. The molecule has 2 N–H and O–H groups in total. The second-order valence-electron chi connectivity index (χ2n) is 6.39. The van der Waals surface area contributed by atoms with E-state index in [0.717, 1.165) is 0 Å². The molecule has 0 spiro atoms. The summed E-state index contributed by atoms with van der Waals surface area (Å²) in [4.78, 5) is 6.28. The monoisotopic (exact) mass is 482 g/mol. The topological polar surface area (TPSA) is 73.8 Å². The largest absolute Gasteiger partial charge is 0.378 e. The molecule has 1 atom stereocenters. The molecule has 0 amide bonds. The van der Waals surface area contributed by atoms with Crippen LogP contribution in [0.15, 0.2) is 23.2 Å². The predicted octanol–water partition coefficient (Wildman–Crippen LogP) is 2.17. The predicted molar refractivity (Wildman–Crippen MR) is 118 cm³/mol. The van der Waals surface area contributed by atoms with Gasteiger partial charge in [-0.1, -0.05) is 6.07 Å². The van der Waals surface area contributed by atoms with Crippen LogP contribution >= 0.6 is 24.0 Å². The molecule has 25 heavy (non-hydrogen) atoms. The van der Waals surface area contributed by atoms with Gasteiger partial charge in [0.15, 0.2) is 5.96 Å². The average molecular weight is 482 g/mol. The summed E-state index contributed by atoms with van der Waals surface area (Å²) in [5, 5.41) is 6.50. The van der Waals surface area contributed by atoms with Gasteiger partial charge in [0.1, 0.15) is 9.84 Å². The molecule has 144 valence electrons. The van der Waals surface area contributed by atoms with Crippen LogP contribution in [-0.4, -0.2) is 53.6 Å². The third kappa shape index (κ3) is 9.29. The third-order valence-corrected chi connectivity index (χ3v) is 4.79. The molecule has 1 aromatic rings. The van der Waals surface area contributed by atoms with Gasteiger partial charge in [0, 0.05) is 45.7 Å². The van der Waals surface area contributed by atoms with E-state index in [2.05, 4.69) is 45.6 Å². The van der Waals surface area contributed by atoms with Crippen molar-refractivity contribution < 1.29 is 8.42 Å². The van der Waals surface area contributed by atoms with Crippen molar-refractivity contribution in [3.8, 4) is 0 Å². The quantitative estimate of drug-likeness (QED) is 0.354. The SMILES string of the molecule is CN=C(NCc1ccc(N(C)C)cc1C)NC(C)CCS(C)(=O)=O.I. The van der Waals surface area contributed by atoms with Gasteiger partial charge in [0.25, 0.3) is 0 Å². The molecule has 1 rings (SSSR count). The number of rotatable bonds is 7. The van der Waals surface area contributed by atoms with Gasteiger partial charge in [0.05, 0.1) is 5.75 Å². The van der Waals surface area contributed by atoms with Crippen molar-refractivity contribution >= 4 is 45.5 Å². The smallest absolute Gasteiger partial charge is 0.191 e. The van der Waals surface area contributed by atoms with Crippen molar-refractivity contribution in [2.24, 2.45) is 4.99 Å². The number of hydrogen-bond donors (Lipinski definition) is 2. The Morgan fingerprint density at radius 1 is 1.32 bits per heavy atom. The Kier molecular flexibility index (Phi) is 10.4. The summed E-state index contributed by atoms with van der Waals surface area (Å²) in [5.74, 6) is 0.843. The number of hydrogen-bond acceptors (Lipinski definition) is 4. The molecule has 0 aliphatic rings. The van der Waals surface area contributed by atoms with Crippen LogP contribution in [0.3, 0.4) is 0 Å². The maximum Gasteiger partial charge on any atom is 0.191 e. The van der Waals surface area contributed by atoms with Gasteiger partial charge in [-0.25, -0.2) is 8.42 Å². The molecule has 0 fully saturated rings. The number of halogens is 1. The van der Waals surface area contributed by atoms with Crippen LogP contribution < -0.4 is 15.5 Å². The Labute approximate surface area is 169 Å². The summed E-state index contributed by atoms with van der Waals surface area (Å²) in [7, 11) is 2.82. The molecule has 0 bridgehead atoms. The summed E-state index contributed by atoms with van der Waals surface area (Å²) in [5.41, 5.74) is 3.59. The Morgan fingerprint density at radius 3 is 2.44 bits per heavy atom. The lowest BCUT2D eigenvalue weighted by molar-refractivity contribution is 0.581. The van der Waals surface area contributed by atoms with Crippen molar-refractivity contribution in [2.75, 3.05) is 38.1 Å². The Balaban J connectivity index is 0.00000576. The lowest BCUT2D eigenvalue weighted by Crippen LogP contribution is -2.42. The molecule has 6 nitrogen and oxygen atoms in total. The number of nitrogens with one attached hydrogen (secondary N) is 2. The van der Waals surface area contributed by atoms with E-state index in [-0.39, 0.29) is 35.8 Å². The van der Waals surface area contributed by atoms with E-state index in [4.69, 9.17) is 0 Å². The van der Waals surface area contributed by atoms with E-state index in [1.165, 1.54) is 23.1 Å². The maximum absolute atomic E-state index is 11.2. The van der Waals surface area contributed by atoms with Gasteiger partial charge in [-0.3, -0.25) is 4.99 Å². The zero-order valence-electron chi connectivity index (χ0n) is 16.0. The fourth-order valence-electron chi connectivity index (χ4n) is 2.23. The summed E-state index contributed by atoms with van der Waals surface area (Å²) in [6.45, 7) is 4.71. The standard InChI is InChI=1S/C17H30N4O2S.HI/c1-13-11-16(21(4)5)8-7-15(13)12-19-17(18-3)20-14(2)9-10-24(6,22)23;/h7-8,11,14H,9-10,12H2,1-6H3,(H2,18,19,20);1H. The first-order valence-corrected chi connectivity index (χ1v) is 10.1. The van der Waals surface area contributed by atoms with Crippen LogP contribution in [0.4, 0.5) is 5.69 Å². The third-order valence-electron chi connectivity index (χ3n) is 3.82. The first kappa shape index (κ1) is 24.0. The number of aryl methyl sites for hydroxylation is 1. The molecule has 8 heteroatoms. The van der Waals surface area contributed by atoms with Crippen molar-refractivity contribution in [3.63, 3.8) is 0 Å². The lowest BCUT2D eigenvalue weighted by Gasteiger charge is -2.19. The van der Waals surface area contributed by atoms with E-state index in [1.807, 2.05) is 21.0 Å². The number of aliphatic imine (C=N–C) groups is 1. The van der Waals surface area contributed by atoms with Crippen LogP contribution in [0.5, 0.6) is 0 Å². The van der Waals surface area contributed by atoms with E-state index < -0.39 is 9.84 Å². The molecule has 0 saturated carbocycles. The van der Waals surface area contributed by atoms with Gasteiger partial charge in [-0.15, -0.1) is 24.0 Å². The van der Waals surface area contributed by atoms with Crippen molar-refractivity contribution in [1.82, 2.24) is 10.6 Å². The number of benzene rings is 1. The summed E-state index contributed by atoms with van der Waals surface area (Å²) < 4.78 is 22.5. The van der Waals surface area contributed by atoms with E-state index in [9.17, 15) is 8.42 Å². The van der Waals surface area contributed by atoms with Crippen LogP contribution in [0.2, 0.25) is 0 Å².